The summed E-state index contributed by atoms with van der Waals surface area (Å²) in [7, 11) is 0. The van der Waals surface area contributed by atoms with E-state index >= 15 is 0 Å². The third-order valence-electron chi connectivity index (χ3n) is 4.20. The molecule has 0 saturated heterocycles. The van der Waals surface area contributed by atoms with Crippen molar-refractivity contribution in [1.82, 2.24) is 10.2 Å². The van der Waals surface area contributed by atoms with Gasteiger partial charge in [-0.3, -0.25) is 0 Å². The lowest BCUT2D eigenvalue weighted by atomic mass is 10.1. The third kappa shape index (κ3) is 4.06. The Morgan fingerprint density at radius 1 is 0.923 bits per heavy atom. The van der Waals surface area contributed by atoms with Gasteiger partial charge in [-0.15, -0.1) is 10.2 Å². The molecule has 0 fully saturated rings. The molecule has 0 amide bonds. The fraction of sp³-hybridized carbons (Fsp3) is 0.143. The van der Waals surface area contributed by atoms with Crippen molar-refractivity contribution in [2.45, 2.75) is 23.6 Å². The summed E-state index contributed by atoms with van der Waals surface area (Å²) in [5.74, 6) is 0.897. The van der Waals surface area contributed by atoms with Gasteiger partial charge in [0.25, 0.3) is 0 Å². The van der Waals surface area contributed by atoms with E-state index in [0.29, 0.717) is 0 Å². The number of nitrogens with zero attached hydrogens (tertiary/aromatic N) is 2. The Morgan fingerprint density at radius 3 is 2.62 bits per heavy atom. The number of hydrogen-bond donors (Lipinski definition) is 1. The van der Waals surface area contributed by atoms with E-state index < -0.39 is 0 Å². The Kier molecular flexibility index (Phi) is 5.18. The average Bonchev–Trinajstić information content (AvgIpc) is 3.14. The van der Waals surface area contributed by atoms with E-state index in [1.165, 1.54) is 27.5 Å². The normalized spacial score (nSPS) is 11.0. The summed E-state index contributed by atoms with van der Waals surface area (Å²) >= 11 is 3.35. The van der Waals surface area contributed by atoms with Gasteiger partial charge in [0.15, 0.2) is 4.34 Å². The van der Waals surface area contributed by atoms with Gasteiger partial charge in [-0.2, -0.15) is 0 Å². The quantitative estimate of drug-likeness (QED) is 0.424. The molecule has 1 aromatic heterocycles. The molecule has 0 saturated carbocycles. The lowest BCUT2D eigenvalue weighted by Crippen LogP contribution is -1.98. The first kappa shape index (κ1) is 17.1. The van der Waals surface area contributed by atoms with Gasteiger partial charge in [0.2, 0.25) is 5.13 Å². The molecule has 0 aliphatic carbocycles. The average molecular weight is 378 g/mol. The lowest BCUT2D eigenvalue weighted by molar-refractivity contribution is 0.995. The van der Waals surface area contributed by atoms with Crippen LogP contribution < -0.4 is 5.32 Å². The van der Waals surface area contributed by atoms with Gasteiger partial charge in [0, 0.05) is 12.3 Å². The summed E-state index contributed by atoms with van der Waals surface area (Å²) in [6, 6.07) is 23.5. The van der Waals surface area contributed by atoms with Crippen molar-refractivity contribution >= 4 is 39.0 Å². The largest absolute Gasteiger partial charge is 0.356 e. The van der Waals surface area contributed by atoms with Gasteiger partial charge >= 0.3 is 0 Å². The van der Waals surface area contributed by atoms with E-state index in [9.17, 15) is 0 Å². The number of aryl methyl sites for hydroxylation is 1. The number of anilines is 1. The van der Waals surface area contributed by atoms with Crippen LogP contribution in [-0.4, -0.2) is 10.2 Å². The Bertz CT molecular complexity index is 1000. The summed E-state index contributed by atoms with van der Waals surface area (Å²) in [4.78, 5) is 0. The minimum atomic E-state index is 0.767. The van der Waals surface area contributed by atoms with Crippen LogP contribution in [0.25, 0.3) is 10.8 Å². The van der Waals surface area contributed by atoms with Crippen LogP contribution in [0.5, 0.6) is 0 Å². The van der Waals surface area contributed by atoms with Crippen LogP contribution in [-0.2, 0) is 12.3 Å². The Morgan fingerprint density at radius 2 is 1.73 bits per heavy atom. The summed E-state index contributed by atoms with van der Waals surface area (Å²) in [5.41, 5.74) is 3.85. The SMILES string of the molecule is Cc1ccc(CNc2nnc(SCc3cccc4ccccc34)s2)cc1. The molecule has 4 aromatic rings. The van der Waals surface area contributed by atoms with Gasteiger partial charge in [-0.05, 0) is 28.8 Å². The van der Waals surface area contributed by atoms with Gasteiger partial charge in [0.05, 0.1) is 0 Å². The Labute approximate surface area is 161 Å². The summed E-state index contributed by atoms with van der Waals surface area (Å²) in [6.07, 6.45) is 0. The van der Waals surface area contributed by atoms with Crippen LogP contribution in [0.3, 0.4) is 0 Å². The first-order valence-corrected chi connectivity index (χ1v) is 10.3. The van der Waals surface area contributed by atoms with Crippen molar-refractivity contribution in [3.63, 3.8) is 0 Å². The second kappa shape index (κ2) is 7.89. The zero-order valence-electron chi connectivity index (χ0n) is 14.5. The number of aromatic nitrogens is 2. The van der Waals surface area contributed by atoms with E-state index in [1.54, 1.807) is 23.1 Å². The Hall–Kier alpha value is -2.37. The molecule has 0 unspecified atom stereocenters. The molecule has 0 spiro atoms. The second-order valence-corrected chi connectivity index (χ2v) is 8.34. The summed E-state index contributed by atoms with van der Waals surface area (Å²) < 4.78 is 0.990. The van der Waals surface area contributed by atoms with Crippen molar-refractivity contribution < 1.29 is 0 Å². The number of thioether (sulfide) groups is 1. The fourth-order valence-electron chi connectivity index (χ4n) is 2.78. The highest BCUT2D eigenvalue weighted by molar-refractivity contribution is 8.00. The molecule has 0 aliphatic rings. The third-order valence-corrected chi connectivity index (χ3v) is 6.26. The van der Waals surface area contributed by atoms with E-state index in [0.717, 1.165) is 21.8 Å². The standard InChI is InChI=1S/C21H19N3S2/c1-15-9-11-16(12-10-15)13-22-20-23-24-21(26-20)25-14-18-7-4-6-17-5-2-3-8-19(17)18/h2-12H,13-14H2,1H3,(H,22,23). The minimum absolute atomic E-state index is 0.767. The van der Waals surface area contributed by atoms with Crippen LogP contribution in [0.4, 0.5) is 5.13 Å². The molecule has 0 bridgehead atoms. The van der Waals surface area contributed by atoms with Crippen molar-refractivity contribution in [2.24, 2.45) is 0 Å². The summed E-state index contributed by atoms with van der Waals surface area (Å²) in [5, 5.41) is 15.4. The zero-order valence-corrected chi connectivity index (χ0v) is 16.1. The van der Waals surface area contributed by atoms with Crippen molar-refractivity contribution in [2.75, 3.05) is 5.32 Å². The molecule has 5 heteroatoms. The molecule has 1 heterocycles. The fourth-order valence-corrected chi connectivity index (χ4v) is 4.53. The maximum Gasteiger partial charge on any atom is 0.206 e. The molecule has 3 nitrogen and oxygen atoms in total. The topological polar surface area (TPSA) is 37.8 Å². The van der Waals surface area contributed by atoms with E-state index in [1.807, 2.05) is 0 Å². The van der Waals surface area contributed by atoms with Crippen LogP contribution in [0, 0.1) is 6.92 Å². The van der Waals surface area contributed by atoms with E-state index in [-0.39, 0.29) is 0 Å². The molecular formula is C21H19N3S2. The van der Waals surface area contributed by atoms with Gasteiger partial charge < -0.3 is 5.32 Å². The number of rotatable bonds is 6. The highest BCUT2D eigenvalue weighted by Gasteiger charge is 2.07. The molecule has 4 rings (SSSR count). The van der Waals surface area contributed by atoms with Crippen LogP contribution in [0.15, 0.2) is 71.1 Å². The molecule has 0 radical (unpaired) electrons. The maximum atomic E-state index is 4.31. The molecule has 0 atom stereocenters. The second-order valence-electron chi connectivity index (χ2n) is 6.14. The smallest absolute Gasteiger partial charge is 0.206 e. The highest BCUT2D eigenvalue weighted by Crippen LogP contribution is 2.30. The maximum absolute atomic E-state index is 4.31. The van der Waals surface area contributed by atoms with Gasteiger partial charge in [0.1, 0.15) is 0 Å². The number of benzene rings is 3. The predicted octanol–water partition coefficient (Wildman–Crippen LogP) is 5.90. The van der Waals surface area contributed by atoms with E-state index in [2.05, 4.69) is 89.2 Å². The Balaban J connectivity index is 1.38. The number of nitrogens with one attached hydrogen (secondary N) is 1. The van der Waals surface area contributed by atoms with Crippen molar-refractivity contribution in [1.29, 1.82) is 0 Å². The van der Waals surface area contributed by atoms with Crippen LogP contribution in [0.1, 0.15) is 16.7 Å². The van der Waals surface area contributed by atoms with Crippen molar-refractivity contribution in [3.8, 4) is 0 Å². The van der Waals surface area contributed by atoms with Crippen LogP contribution >= 0.6 is 23.1 Å². The predicted molar refractivity (Wildman–Crippen MR) is 112 cm³/mol. The minimum Gasteiger partial charge on any atom is -0.356 e. The zero-order chi connectivity index (χ0) is 17.8. The molecule has 0 aliphatic heterocycles. The number of fused-ring (bicyclic) bond motifs is 1. The summed E-state index contributed by atoms with van der Waals surface area (Å²) in [6.45, 7) is 2.87. The first-order chi connectivity index (χ1) is 12.8. The lowest BCUT2D eigenvalue weighted by Gasteiger charge is -2.04. The number of hydrogen-bond acceptors (Lipinski definition) is 5. The highest BCUT2D eigenvalue weighted by atomic mass is 32.2. The molecule has 3 aromatic carbocycles. The van der Waals surface area contributed by atoms with Crippen LogP contribution in [0.2, 0.25) is 0 Å². The molecule has 130 valence electrons. The molecule has 26 heavy (non-hydrogen) atoms. The first-order valence-electron chi connectivity index (χ1n) is 8.50. The molecular weight excluding hydrogens is 358 g/mol. The van der Waals surface area contributed by atoms with E-state index in [4.69, 9.17) is 0 Å². The monoisotopic (exact) mass is 377 g/mol. The van der Waals surface area contributed by atoms with Gasteiger partial charge in [-0.25, -0.2) is 0 Å². The van der Waals surface area contributed by atoms with Crippen molar-refractivity contribution in [3.05, 3.63) is 83.4 Å². The molecule has 1 N–H and O–H groups in total. The van der Waals surface area contributed by atoms with Gasteiger partial charge in [-0.1, -0.05) is 95.4 Å².